The Labute approximate surface area is 127 Å². The summed E-state index contributed by atoms with van der Waals surface area (Å²) in [7, 11) is 0. The number of thiazole rings is 1. The number of carbonyl (C=O) groups is 1. The lowest BCUT2D eigenvalue weighted by molar-refractivity contribution is 0.0697. The van der Waals surface area contributed by atoms with Crippen LogP contribution in [0.25, 0.3) is 11.3 Å². The summed E-state index contributed by atoms with van der Waals surface area (Å²) >= 11 is 3.57. The van der Waals surface area contributed by atoms with Gasteiger partial charge in [-0.2, -0.15) is 11.8 Å². The molecule has 1 atom stereocenters. The van der Waals surface area contributed by atoms with E-state index in [1.807, 2.05) is 29.3 Å². The van der Waals surface area contributed by atoms with Gasteiger partial charge in [0, 0.05) is 21.9 Å². The molecule has 0 aliphatic rings. The molecule has 0 saturated heterocycles. The van der Waals surface area contributed by atoms with Gasteiger partial charge in [-0.1, -0.05) is 26.0 Å². The molecule has 20 heavy (non-hydrogen) atoms. The van der Waals surface area contributed by atoms with Crippen LogP contribution >= 0.6 is 23.1 Å². The molecule has 1 N–H and O–H groups in total. The first-order chi connectivity index (χ1) is 9.60. The zero-order chi connectivity index (χ0) is 14.5. The van der Waals surface area contributed by atoms with Crippen LogP contribution in [0.2, 0.25) is 0 Å². The number of rotatable bonds is 6. The number of carboxylic acids is 1. The summed E-state index contributed by atoms with van der Waals surface area (Å²) < 4.78 is 0. The van der Waals surface area contributed by atoms with Crippen LogP contribution in [0, 0.1) is 0 Å². The highest BCUT2D eigenvalue weighted by molar-refractivity contribution is 7.99. The van der Waals surface area contributed by atoms with Crippen molar-refractivity contribution in [2.45, 2.75) is 31.3 Å². The standard InChI is InChI=1S/C15H17NO2S2/c1-3-10(2)19-9-14-16-13(8-20-14)11-4-6-12(7-5-11)15(17)18/h4-8,10H,3,9H2,1-2H3,(H,17,18). The van der Waals surface area contributed by atoms with Gasteiger partial charge < -0.3 is 5.11 Å². The predicted octanol–water partition coefficient (Wildman–Crippen LogP) is 4.54. The molecule has 0 aliphatic carbocycles. The number of hydrogen-bond donors (Lipinski definition) is 1. The lowest BCUT2D eigenvalue weighted by Crippen LogP contribution is -1.95. The van der Waals surface area contributed by atoms with Crippen molar-refractivity contribution in [3.8, 4) is 11.3 Å². The second kappa shape index (κ2) is 6.90. The lowest BCUT2D eigenvalue weighted by Gasteiger charge is -2.05. The van der Waals surface area contributed by atoms with Gasteiger partial charge in [-0.3, -0.25) is 0 Å². The first-order valence-electron chi connectivity index (χ1n) is 6.50. The van der Waals surface area contributed by atoms with E-state index in [1.165, 1.54) is 6.42 Å². The van der Waals surface area contributed by atoms with E-state index >= 15 is 0 Å². The van der Waals surface area contributed by atoms with Crippen molar-refractivity contribution in [2.75, 3.05) is 0 Å². The molecule has 106 valence electrons. The van der Waals surface area contributed by atoms with E-state index < -0.39 is 5.97 Å². The summed E-state index contributed by atoms with van der Waals surface area (Å²) in [5.74, 6) is 0.0350. The third-order valence-corrected chi connectivity index (χ3v) is 5.42. The fraction of sp³-hybridized carbons (Fsp3) is 0.333. The Balaban J connectivity index is 2.06. The summed E-state index contributed by atoms with van der Waals surface area (Å²) in [5, 5.41) is 12.7. The topological polar surface area (TPSA) is 50.2 Å². The highest BCUT2D eigenvalue weighted by Gasteiger charge is 2.08. The number of aromatic nitrogens is 1. The van der Waals surface area contributed by atoms with E-state index in [4.69, 9.17) is 5.11 Å². The van der Waals surface area contributed by atoms with Gasteiger partial charge >= 0.3 is 5.97 Å². The van der Waals surface area contributed by atoms with Crippen LogP contribution in [-0.2, 0) is 5.75 Å². The Morgan fingerprint density at radius 1 is 1.40 bits per heavy atom. The van der Waals surface area contributed by atoms with E-state index in [-0.39, 0.29) is 0 Å². The maximum atomic E-state index is 10.8. The molecule has 1 aromatic heterocycles. The van der Waals surface area contributed by atoms with E-state index in [0.29, 0.717) is 10.8 Å². The Morgan fingerprint density at radius 2 is 2.10 bits per heavy atom. The first-order valence-corrected chi connectivity index (χ1v) is 8.42. The molecular formula is C15H17NO2S2. The number of aromatic carboxylic acids is 1. The van der Waals surface area contributed by atoms with Gasteiger partial charge in [-0.05, 0) is 18.6 Å². The van der Waals surface area contributed by atoms with Crippen LogP contribution in [-0.4, -0.2) is 21.3 Å². The Bertz CT molecular complexity index is 578. The average molecular weight is 307 g/mol. The fourth-order valence-electron chi connectivity index (χ4n) is 1.62. The van der Waals surface area contributed by atoms with Gasteiger partial charge in [0.2, 0.25) is 0 Å². The van der Waals surface area contributed by atoms with E-state index in [9.17, 15) is 4.79 Å². The second-order valence-electron chi connectivity index (χ2n) is 4.54. The van der Waals surface area contributed by atoms with Crippen molar-refractivity contribution < 1.29 is 9.90 Å². The van der Waals surface area contributed by atoms with Crippen molar-refractivity contribution in [3.05, 3.63) is 40.2 Å². The molecule has 1 aromatic carbocycles. The van der Waals surface area contributed by atoms with Crippen molar-refractivity contribution >= 4 is 29.1 Å². The molecule has 3 nitrogen and oxygen atoms in total. The van der Waals surface area contributed by atoms with Crippen LogP contribution in [0.5, 0.6) is 0 Å². The third-order valence-electron chi connectivity index (χ3n) is 3.05. The van der Waals surface area contributed by atoms with Gasteiger partial charge in [0.1, 0.15) is 5.01 Å². The maximum absolute atomic E-state index is 10.8. The lowest BCUT2D eigenvalue weighted by atomic mass is 10.1. The monoisotopic (exact) mass is 307 g/mol. The number of hydrogen-bond acceptors (Lipinski definition) is 4. The van der Waals surface area contributed by atoms with Crippen molar-refractivity contribution in [1.82, 2.24) is 4.98 Å². The number of nitrogens with zero attached hydrogens (tertiary/aromatic N) is 1. The molecule has 2 aromatic rings. The summed E-state index contributed by atoms with van der Waals surface area (Å²) in [6.45, 7) is 4.42. The zero-order valence-corrected chi connectivity index (χ0v) is 13.1. The normalized spacial score (nSPS) is 12.3. The van der Waals surface area contributed by atoms with Gasteiger partial charge in [0.25, 0.3) is 0 Å². The Hall–Kier alpha value is -1.33. The predicted molar refractivity (Wildman–Crippen MR) is 85.6 cm³/mol. The van der Waals surface area contributed by atoms with Crippen LogP contribution in [0.4, 0.5) is 0 Å². The minimum atomic E-state index is -0.902. The SMILES string of the molecule is CCC(C)SCc1nc(-c2ccc(C(=O)O)cc2)cs1. The van der Waals surface area contributed by atoms with E-state index in [0.717, 1.165) is 22.0 Å². The minimum absolute atomic E-state index is 0.302. The van der Waals surface area contributed by atoms with Crippen LogP contribution in [0.3, 0.4) is 0 Å². The molecule has 0 aliphatic heterocycles. The first kappa shape index (κ1) is 15.1. The summed E-state index contributed by atoms with van der Waals surface area (Å²) in [4.78, 5) is 15.4. The van der Waals surface area contributed by atoms with Crippen LogP contribution in [0.1, 0.15) is 35.6 Å². The van der Waals surface area contributed by atoms with Gasteiger partial charge in [-0.15, -0.1) is 11.3 Å². The van der Waals surface area contributed by atoms with Crippen molar-refractivity contribution in [2.24, 2.45) is 0 Å². The second-order valence-corrected chi connectivity index (χ2v) is 6.91. The molecule has 1 heterocycles. The number of thioether (sulfide) groups is 1. The molecule has 0 saturated carbocycles. The molecule has 1 unspecified atom stereocenters. The zero-order valence-electron chi connectivity index (χ0n) is 11.5. The molecule has 2 rings (SSSR count). The quantitative estimate of drug-likeness (QED) is 0.851. The summed E-state index contributed by atoms with van der Waals surface area (Å²) in [6.07, 6.45) is 1.17. The third kappa shape index (κ3) is 3.84. The Kier molecular flexibility index (Phi) is 5.20. The minimum Gasteiger partial charge on any atom is -0.478 e. The van der Waals surface area contributed by atoms with Crippen LogP contribution < -0.4 is 0 Å². The van der Waals surface area contributed by atoms with E-state index in [2.05, 4.69) is 18.8 Å². The largest absolute Gasteiger partial charge is 0.478 e. The maximum Gasteiger partial charge on any atom is 0.335 e. The van der Waals surface area contributed by atoms with Crippen molar-refractivity contribution in [1.29, 1.82) is 0 Å². The van der Waals surface area contributed by atoms with Crippen molar-refractivity contribution in [3.63, 3.8) is 0 Å². The summed E-state index contributed by atoms with van der Waals surface area (Å²) in [6, 6.07) is 6.85. The number of carboxylic acid groups (broad SMARTS) is 1. The smallest absolute Gasteiger partial charge is 0.335 e. The highest BCUT2D eigenvalue weighted by Crippen LogP contribution is 2.26. The van der Waals surface area contributed by atoms with Gasteiger partial charge in [0.15, 0.2) is 0 Å². The van der Waals surface area contributed by atoms with Crippen LogP contribution in [0.15, 0.2) is 29.6 Å². The van der Waals surface area contributed by atoms with Gasteiger partial charge in [-0.25, -0.2) is 9.78 Å². The van der Waals surface area contributed by atoms with Gasteiger partial charge in [0.05, 0.1) is 11.3 Å². The molecule has 0 radical (unpaired) electrons. The Morgan fingerprint density at radius 3 is 2.70 bits per heavy atom. The molecule has 0 bridgehead atoms. The molecule has 0 amide bonds. The molecule has 0 spiro atoms. The fourth-order valence-corrected chi connectivity index (χ4v) is 3.42. The highest BCUT2D eigenvalue weighted by atomic mass is 32.2. The average Bonchev–Trinajstić information content (AvgIpc) is 2.93. The molecule has 0 fully saturated rings. The number of benzene rings is 1. The molecular weight excluding hydrogens is 290 g/mol. The van der Waals surface area contributed by atoms with E-state index in [1.54, 1.807) is 23.5 Å². The summed E-state index contributed by atoms with van der Waals surface area (Å²) in [5.41, 5.74) is 2.19. The molecule has 5 heteroatoms.